The maximum atomic E-state index is 13.4. The van der Waals surface area contributed by atoms with E-state index in [1.165, 1.54) is 26.9 Å². The third-order valence-corrected chi connectivity index (χ3v) is 12.6. The number of urea groups is 2. The number of aryl methyl sites for hydroxylation is 2. The summed E-state index contributed by atoms with van der Waals surface area (Å²) in [5.74, 6) is -1.03. The molecule has 9 amide bonds. The minimum absolute atomic E-state index is 0. The van der Waals surface area contributed by atoms with E-state index in [1.807, 2.05) is 6.20 Å². The highest BCUT2D eigenvalue weighted by Crippen LogP contribution is 2.47. The number of nitrogens with one attached hydrogen (secondary N) is 7. The summed E-state index contributed by atoms with van der Waals surface area (Å²) in [7, 11) is 3.01. The van der Waals surface area contributed by atoms with Gasteiger partial charge in [0.15, 0.2) is 0 Å². The molecule has 368 valence electrons. The number of imide groups is 2. The van der Waals surface area contributed by atoms with Gasteiger partial charge in [0.1, 0.15) is 24.7 Å². The van der Waals surface area contributed by atoms with Gasteiger partial charge in [0.25, 0.3) is 11.8 Å². The van der Waals surface area contributed by atoms with E-state index in [-0.39, 0.29) is 51.8 Å². The van der Waals surface area contributed by atoms with Crippen molar-refractivity contribution in [1.29, 1.82) is 0 Å². The average Bonchev–Trinajstić information content (AvgIpc) is 4.18. The number of carbonyl (C=O) groups is 8. The molecule has 4 aliphatic heterocycles. The molecule has 2 aliphatic carbocycles. The molecule has 4 atom stereocenters. The van der Waals surface area contributed by atoms with Crippen LogP contribution in [0.2, 0.25) is 0 Å². The maximum Gasteiger partial charge on any atom is 0.418 e. The van der Waals surface area contributed by atoms with Crippen molar-refractivity contribution < 1.29 is 52.9 Å². The van der Waals surface area contributed by atoms with Gasteiger partial charge in [0.05, 0.1) is 12.1 Å². The summed E-state index contributed by atoms with van der Waals surface area (Å²) in [6.45, 7) is 0.565. The molecular formula is C46H58N12O11. The molecular weight excluding hydrogens is 897 g/mol. The van der Waals surface area contributed by atoms with Crippen LogP contribution in [0.15, 0.2) is 61.2 Å². The molecule has 4 fully saturated rings. The predicted molar refractivity (Wildman–Crippen MR) is 247 cm³/mol. The third kappa shape index (κ3) is 9.94. The number of carbonyl (C=O) groups excluding carboxylic acids is 7. The van der Waals surface area contributed by atoms with Crippen LogP contribution in [-0.2, 0) is 52.7 Å². The second kappa shape index (κ2) is 21.0. The fourth-order valence-electron chi connectivity index (χ4n) is 9.41. The van der Waals surface area contributed by atoms with Gasteiger partial charge in [0, 0.05) is 80.8 Å². The number of anilines is 2. The van der Waals surface area contributed by atoms with Gasteiger partial charge in [-0.05, 0) is 80.5 Å². The van der Waals surface area contributed by atoms with Gasteiger partial charge in [-0.2, -0.15) is 0 Å². The summed E-state index contributed by atoms with van der Waals surface area (Å²) >= 11 is 0. The van der Waals surface area contributed by atoms with Crippen molar-refractivity contribution in [2.75, 3.05) is 50.9 Å². The van der Waals surface area contributed by atoms with E-state index in [0.717, 1.165) is 41.2 Å². The SMILES string of the molecule is C.C.CNC(=O)Nc1ccc2c(c1)CCC21OC(=O)N(CC(=O)N2CCCC2c2ncc[nH]2)C1=O.CNC(=O)Nc1ccc2c(c1)CCC21OC(=O)N(CC(=O)O)C1=O.c1c[nH]c(C2CCCN2)n1. The zero-order chi connectivity index (χ0) is 47.5. The lowest BCUT2D eigenvalue weighted by atomic mass is 9.94. The predicted octanol–water partition coefficient (Wildman–Crippen LogP) is 4.39. The van der Waals surface area contributed by atoms with Crippen LogP contribution in [-0.4, -0.2) is 128 Å². The Morgan fingerprint density at radius 3 is 1.72 bits per heavy atom. The Kier molecular flexibility index (Phi) is 15.4. The van der Waals surface area contributed by atoms with Crippen LogP contribution < -0.4 is 26.6 Å². The molecule has 2 aromatic carbocycles. The Morgan fingerprint density at radius 1 is 0.739 bits per heavy atom. The monoisotopic (exact) mass is 954 g/mol. The molecule has 4 unspecified atom stereocenters. The van der Waals surface area contributed by atoms with Gasteiger partial charge in [-0.25, -0.2) is 38.9 Å². The van der Waals surface area contributed by atoms with E-state index in [9.17, 15) is 38.4 Å². The maximum absolute atomic E-state index is 13.4. The Morgan fingerprint density at radius 2 is 1.26 bits per heavy atom. The molecule has 0 radical (unpaired) electrons. The van der Waals surface area contributed by atoms with Gasteiger partial charge < -0.3 is 56.0 Å². The Labute approximate surface area is 397 Å². The number of carboxylic acid groups (broad SMARTS) is 1. The fourth-order valence-corrected chi connectivity index (χ4v) is 9.41. The van der Waals surface area contributed by atoms with E-state index in [4.69, 9.17) is 14.6 Å². The molecule has 10 rings (SSSR count). The number of imidazole rings is 2. The highest BCUT2D eigenvalue weighted by molar-refractivity contribution is 6.07. The first-order chi connectivity index (χ1) is 32.3. The first-order valence-electron chi connectivity index (χ1n) is 21.8. The molecule has 4 aromatic rings. The summed E-state index contributed by atoms with van der Waals surface area (Å²) in [4.78, 5) is 115. The number of fused-ring (bicyclic) bond motifs is 4. The summed E-state index contributed by atoms with van der Waals surface area (Å²) in [5.41, 5.74) is 0.926. The minimum Gasteiger partial charge on any atom is -0.480 e. The van der Waals surface area contributed by atoms with E-state index < -0.39 is 47.7 Å². The highest BCUT2D eigenvalue weighted by atomic mass is 16.6. The van der Waals surface area contributed by atoms with Crippen molar-refractivity contribution >= 4 is 59.3 Å². The van der Waals surface area contributed by atoms with Crippen LogP contribution in [0.5, 0.6) is 0 Å². The van der Waals surface area contributed by atoms with Crippen LogP contribution >= 0.6 is 0 Å². The zero-order valence-electron chi connectivity index (χ0n) is 36.7. The molecule has 6 aliphatic rings. The molecule has 0 bridgehead atoms. The number of rotatable bonds is 8. The highest BCUT2D eigenvalue weighted by Gasteiger charge is 2.60. The number of aromatic amines is 2. The van der Waals surface area contributed by atoms with Gasteiger partial charge in [-0.1, -0.05) is 27.0 Å². The van der Waals surface area contributed by atoms with Crippen molar-refractivity contribution in [2.45, 2.75) is 89.5 Å². The number of hydrogen-bond donors (Lipinski definition) is 8. The second-order valence-electron chi connectivity index (χ2n) is 16.6. The summed E-state index contributed by atoms with van der Waals surface area (Å²) in [6, 6.07) is 9.59. The largest absolute Gasteiger partial charge is 0.480 e. The molecule has 8 N–H and O–H groups in total. The van der Waals surface area contributed by atoms with E-state index in [0.29, 0.717) is 65.1 Å². The molecule has 2 spiro atoms. The van der Waals surface area contributed by atoms with Crippen LogP contribution in [0.25, 0.3) is 0 Å². The van der Waals surface area contributed by atoms with E-state index in [1.54, 1.807) is 59.9 Å². The smallest absolute Gasteiger partial charge is 0.418 e. The number of amides is 9. The molecule has 23 nitrogen and oxygen atoms in total. The van der Waals surface area contributed by atoms with E-state index in [2.05, 4.69) is 46.5 Å². The first-order valence-corrected chi connectivity index (χ1v) is 21.8. The van der Waals surface area contributed by atoms with Gasteiger partial charge in [-0.3, -0.25) is 19.2 Å². The standard InChI is InChI=1S/C22H24N6O5.C15H15N3O6.C7H11N3.2CH4/c1-23-20(31)26-14-4-5-15-13(11-14)6-7-22(15)19(30)28(21(32)33-22)12-17(29)27-10-2-3-16(27)18-24-8-9-25-18;1-16-13(22)17-9-2-3-10-8(6-9)4-5-15(10)12(21)18(7-11(19)20)14(23)24-15;1-2-6(8-3-1)7-9-4-5-10-7;;/h4-5,8-9,11,16H,2-3,6-7,10,12H2,1H3,(H,24,25)(H2,23,26,31);2-3,6H,4-5,7H2,1H3,(H,19,20)(H2,16,17,22);4-6,8H,1-3H2,(H,9,10);2*1H4. The minimum atomic E-state index is -1.46. The number of carboxylic acids is 1. The Hall–Kier alpha value is -7.82. The van der Waals surface area contributed by atoms with Crippen LogP contribution in [0.3, 0.4) is 0 Å². The lowest BCUT2D eigenvalue weighted by Crippen LogP contribution is -2.44. The topological polar surface area (TPSA) is 302 Å². The molecule has 4 saturated heterocycles. The number of nitrogens with zero attached hydrogens (tertiary/aromatic N) is 5. The average molecular weight is 955 g/mol. The number of likely N-dealkylation sites (tertiary alicyclic amines) is 1. The number of ether oxygens (including phenoxy) is 2. The van der Waals surface area contributed by atoms with Crippen molar-refractivity contribution in [3.8, 4) is 0 Å². The van der Waals surface area contributed by atoms with Crippen LogP contribution in [0.1, 0.15) is 99.4 Å². The molecule has 6 heterocycles. The normalized spacial score (nSPS) is 22.6. The van der Waals surface area contributed by atoms with Gasteiger partial charge in [-0.15, -0.1) is 0 Å². The summed E-state index contributed by atoms with van der Waals surface area (Å²) < 4.78 is 10.9. The third-order valence-electron chi connectivity index (χ3n) is 12.6. The van der Waals surface area contributed by atoms with Crippen molar-refractivity contribution in [3.63, 3.8) is 0 Å². The lowest BCUT2D eigenvalue weighted by molar-refractivity contribution is -0.144. The zero-order valence-corrected chi connectivity index (χ0v) is 36.7. The first kappa shape index (κ1) is 50.6. The number of aliphatic carboxylic acids is 1. The molecule has 23 heteroatoms. The second-order valence-corrected chi connectivity index (χ2v) is 16.6. The van der Waals surface area contributed by atoms with Gasteiger partial charge >= 0.3 is 30.2 Å². The van der Waals surface area contributed by atoms with Gasteiger partial charge in [0.2, 0.25) is 17.1 Å². The van der Waals surface area contributed by atoms with Crippen molar-refractivity contribution in [2.24, 2.45) is 0 Å². The van der Waals surface area contributed by atoms with Crippen LogP contribution in [0, 0.1) is 0 Å². The quantitative estimate of drug-likeness (QED) is 0.122. The molecule has 2 aromatic heterocycles. The Balaban J connectivity index is 0.000000189. The van der Waals surface area contributed by atoms with Crippen molar-refractivity contribution in [3.05, 3.63) is 95.1 Å². The number of H-pyrrole nitrogens is 2. The molecule has 0 saturated carbocycles. The number of hydrogen-bond acceptors (Lipinski definition) is 13. The molecule has 69 heavy (non-hydrogen) atoms. The number of aromatic nitrogens is 4. The van der Waals surface area contributed by atoms with Crippen LogP contribution in [0.4, 0.5) is 30.6 Å². The lowest BCUT2D eigenvalue weighted by Gasteiger charge is -2.25. The fraction of sp³-hybridized carbons (Fsp3) is 0.435. The van der Waals surface area contributed by atoms with E-state index >= 15 is 0 Å². The number of benzene rings is 2. The van der Waals surface area contributed by atoms with Crippen molar-refractivity contribution in [1.82, 2.24) is 50.6 Å². The summed E-state index contributed by atoms with van der Waals surface area (Å²) in [6.07, 6.45) is 10.8. The Bertz CT molecular complexity index is 2580. The summed E-state index contributed by atoms with van der Waals surface area (Å²) in [5, 5.41) is 22.4.